The molecule has 2 aromatic rings. The van der Waals surface area contributed by atoms with Crippen LogP contribution in [0.15, 0.2) is 48.7 Å². The maximum absolute atomic E-state index is 13.1. The lowest BCUT2D eigenvalue weighted by atomic mass is 10.2. The highest BCUT2D eigenvalue weighted by molar-refractivity contribution is 5.92. The highest BCUT2D eigenvalue weighted by Crippen LogP contribution is 2.08. The van der Waals surface area contributed by atoms with Gasteiger partial charge in [0.2, 0.25) is 0 Å². The van der Waals surface area contributed by atoms with Gasteiger partial charge in [-0.2, -0.15) is 0 Å². The lowest BCUT2D eigenvalue weighted by Crippen LogP contribution is -3.15. The molecule has 1 aliphatic heterocycles. The number of amides is 2. The molecule has 1 saturated heterocycles. The number of halogens is 1. The summed E-state index contributed by atoms with van der Waals surface area (Å²) in [5.74, 6) is -0.624. The minimum Gasteiger partial charge on any atom is -0.326 e. The Kier molecular flexibility index (Phi) is 5.35. The van der Waals surface area contributed by atoms with Crippen LogP contribution in [-0.2, 0) is 4.79 Å². The fraction of sp³-hybridized carbons (Fsp3) is 0.278. The summed E-state index contributed by atoms with van der Waals surface area (Å²) in [4.78, 5) is 31.4. The van der Waals surface area contributed by atoms with Crippen LogP contribution < -0.4 is 10.2 Å². The van der Waals surface area contributed by atoms with Crippen LogP contribution in [-0.4, -0.2) is 54.4 Å². The second-order valence-corrected chi connectivity index (χ2v) is 5.99. The van der Waals surface area contributed by atoms with Crippen molar-refractivity contribution in [1.82, 2.24) is 9.88 Å². The van der Waals surface area contributed by atoms with Crippen molar-refractivity contribution in [3.63, 3.8) is 0 Å². The second kappa shape index (κ2) is 7.85. The van der Waals surface area contributed by atoms with E-state index < -0.39 is 0 Å². The zero-order chi connectivity index (χ0) is 17.6. The first kappa shape index (κ1) is 17.0. The van der Waals surface area contributed by atoms with E-state index in [1.54, 1.807) is 41.4 Å². The molecule has 130 valence electrons. The van der Waals surface area contributed by atoms with E-state index in [9.17, 15) is 14.0 Å². The minimum absolute atomic E-state index is 0.0798. The van der Waals surface area contributed by atoms with Crippen LogP contribution in [0.4, 0.5) is 10.1 Å². The number of carbonyl (C=O) groups is 2. The zero-order valence-corrected chi connectivity index (χ0v) is 13.7. The molecule has 7 heteroatoms. The Morgan fingerprint density at radius 3 is 2.64 bits per heavy atom. The van der Waals surface area contributed by atoms with Crippen LogP contribution in [0.5, 0.6) is 0 Å². The Morgan fingerprint density at radius 1 is 1.16 bits per heavy atom. The molecular formula is C18H20FN4O2+. The van der Waals surface area contributed by atoms with E-state index in [4.69, 9.17) is 0 Å². The summed E-state index contributed by atoms with van der Waals surface area (Å²) in [6.07, 6.45) is 1.60. The van der Waals surface area contributed by atoms with Gasteiger partial charge in [0, 0.05) is 11.9 Å². The summed E-state index contributed by atoms with van der Waals surface area (Å²) < 4.78 is 13.1. The number of nitrogens with zero attached hydrogens (tertiary/aromatic N) is 2. The number of nitrogens with one attached hydrogen (secondary N) is 2. The van der Waals surface area contributed by atoms with E-state index in [-0.39, 0.29) is 17.6 Å². The van der Waals surface area contributed by atoms with Gasteiger partial charge in [-0.15, -0.1) is 0 Å². The number of aromatic nitrogens is 1. The summed E-state index contributed by atoms with van der Waals surface area (Å²) in [7, 11) is 0. The van der Waals surface area contributed by atoms with Gasteiger partial charge in [0.05, 0.1) is 26.2 Å². The number of hydrogen-bond acceptors (Lipinski definition) is 3. The number of quaternary nitrogens is 1. The molecule has 1 aromatic heterocycles. The predicted octanol–water partition coefficient (Wildman–Crippen LogP) is 0.200. The molecule has 1 aliphatic rings. The summed E-state index contributed by atoms with van der Waals surface area (Å²) in [6.45, 7) is 2.84. The van der Waals surface area contributed by atoms with E-state index in [1.807, 2.05) is 0 Å². The molecule has 0 radical (unpaired) electrons. The number of hydrogen-bond donors (Lipinski definition) is 2. The molecular weight excluding hydrogens is 323 g/mol. The largest absolute Gasteiger partial charge is 0.326 e. The number of piperazine rings is 1. The van der Waals surface area contributed by atoms with Crippen molar-refractivity contribution in [3.8, 4) is 0 Å². The number of rotatable bonds is 4. The smallest absolute Gasteiger partial charge is 0.279 e. The Bertz CT molecular complexity index is 746. The van der Waals surface area contributed by atoms with Crippen molar-refractivity contribution in [3.05, 3.63) is 60.2 Å². The van der Waals surface area contributed by atoms with Crippen molar-refractivity contribution in [2.45, 2.75) is 0 Å². The Labute approximate surface area is 145 Å². The summed E-state index contributed by atoms with van der Waals surface area (Å²) in [6, 6.07) is 11.1. The third-order valence-electron chi connectivity index (χ3n) is 4.16. The summed E-state index contributed by atoms with van der Waals surface area (Å²) in [5, 5.41) is 2.70. The van der Waals surface area contributed by atoms with Gasteiger partial charge < -0.3 is 15.1 Å². The van der Waals surface area contributed by atoms with Gasteiger partial charge in [-0.25, -0.2) is 4.39 Å². The van der Waals surface area contributed by atoms with Crippen molar-refractivity contribution in [2.24, 2.45) is 0 Å². The molecule has 1 aromatic carbocycles. The molecule has 0 bridgehead atoms. The highest BCUT2D eigenvalue weighted by Gasteiger charge is 2.26. The van der Waals surface area contributed by atoms with Crippen LogP contribution in [0.25, 0.3) is 0 Å². The zero-order valence-electron chi connectivity index (χ0n) is 13.7. The van der Waals surface area contributed by atoms with E-state index in [0.29, 0.717) is 44.1 Å². The number of anilines is 1. The number of benzene rings is 1. The molecule has 6 nitrogen and oxygen atoms in total. The van der Waals surface area contributed by atoms with Crippen LogP contribution in [0, 0.1) is 5.82 Å². The van der Waals surface area contributed by atoms with Crippen molar-refractivity contribution in [1.29, 1.82) is 0 Å². The molecule has 3 rings (SSSR count). The second-order valence-electron chi connectivity index (χ2n) is 5.99. The lowest BCUT2D eigenvalue weighted by molar-refractivity contribution is -0.895. The fourth-order valence-electron chi connectivity index (χ4n) is 2.85. The summed E-state index contributed by atoms with van der Waals surface area (Å²) in [5.41, 5.74) is 0.892. The standard InChI is InChI=1S/C18H19FN4O2/c19-14-4-3-5-15(12-14)21-17(24)13-22-8-10-23(11-9-22)18(25)16-6-1-2-7-20-16/h1-7,12H,8-11,13H2,(H,21,24)/p+1. The van der Waals surface area contributed by atoms with Crippen LogP contribution in [0.3, 0.4) is 0 Å². The maximum Gasteiger partial charge on any atom is 0.279 e. The fourth-order valence-corrected chi connectivity index (χ4v) is 2.85. The van der Waals surface area contributed by atoms with Crippen LogP contribution in [0.2, 0.25) is 0 Å². The average molecular weight is 343 g/mol. The number of carbonyl (C=O) groups excluding carboxylic acids is 2. The van der Waals surface area contributed by atoms with Gasteiger partial charge >= 0.3 is 0 Å². The number of pyridine rings is 1. The van der Waals surface area contributed by atoms with Crippen molar-refractivity contribution in [2.75, 3.05) is 38.0 Å². The molecule has 0 saturated carbocycles. The van der Waals surface area contributed by atoms with Gasteiger partial charge in [0.25, 0.3) is 11.8 Å². The van der Waals surface area contributed by atoms with E-state index in [2.05, 4.69) is 10.3 Å². The third kappa shape index (κ3) is 4.60. The normalized spacial score (nSPS) is 15.0. The quantitative estimate of drug-likeness (QED) is 0.834. The van der Waals surface area contributed by atoms with Gasteiger partial charge in [-0.3, -0.25) is 14.6 Å². The molecule has 0 atom stereocenters. The summed E-state index contributed by atoms with van der Waals surface area (Å²) >= 11 is 0. The first-order valence-corrected chi connectivity index (χ1v) is 8.21. The van der Waals surface area contributed by atoms with Gasteiger partial charge in [-0.05, 0) is 30.3 Å². The first-order chi connectivity index (χ1) is 12.1. The highest BCUT2D eigenvalue weighted by atomic mass is 19.1. The Morgan fingerprint density at radius 2 is 1.96 bits per heavy atom. The molecule has 2 amide bonds. The van der Waals surface area contributed by atoms with Crippen LogP contribution >= 0.6 is 0 Å². The molecule has 2 N–H and O–H groups in total. The van der Waals surface area contributed by atoms with Crippen molar-refractivity contribution < 1.29 is 18.9 Å². The molecule has 2 heterocycles. The Hall–Kier alpha value is -2.80. The van der Waals surface area contributed by atoms with Gasteiger partial charge in [-0.1, -0.05) is 12.1 Å². The molecule has 0 spiro atoms. The van der Waals surface area contributed by atoms with E-state index in [1.165, 1.54) is 12.1 Å². The first-order valence-electron chi connectivity index (χ1n) is 8.21. The van der Waals surface area contributed by atoms with E-state index in [0.717, 1.165) is 4.90 Å². The lowest BCUT2D eigenvalue weighted by Gasteiger charge is -2.31. The molecule has 25 heavy (non-hydrogen) atoms. The van der Waals surface area contributed by atoms with Gasteiger partial charge in [0.15, 0.2) is 6.54 Å². The molecule has 0 aliphatic carbocycles. The molecule has 1 fully saturated rings. The van der Waals surface area contributed by atoms with Crippen LogP contribution in [0.1, 0.15) is 10.5 Å². The molecule has 0 unspecified atom stereocenters. The average Bonchev–Trinajstić information content (AvgIpc) is 2.62. The monoisotopic (exact) mass is 343 g/mol. The predicted molar refractivity (Wildman–Crippen MR) is 90.7 cm³/mol. The van der Waals surface area contributed by atoms with E-state index >= 15 is 0 Å². The SMILES string of the molecule is O=C(C[NH+]1CCN(C(=O)c2ccccn2)CC1)Nc1cccc(F)c1. The third-order valence-corrected chi connectivity index (χ3v) is 4.16. The van der Waals surface area contributed by atoms with Gasteiger partial charge in [0.1, 0.15) is 11.5 Å². The topological polar surface area (TPSA) is 66.7 Å². The Balaban J connectivity index is 1.47. The maximum atomic E-state index is 13.1. The minimum atomic E-state index is -0.383. The van der Waals surface area contributed by atoms with Crippen molar-refractivity contribution >= 4 is 17.5 Å².